The van der Waals surface area contributed by atoms with E-state index in [0.29, 0.717) is 17.3 Å². The molecule has 2 rings (SSSR count). The third kappa shape index (κ3) is 7.52. The van der Waals surface area contributed by atoms with Gasteiger partial charge >= 0.3 is 0 Å². The smallest absolute Gasteiger partial charge is 0.261 e. The van der Waals surface area contributed by atoms with Gasteiger partial charge in [0.25, 0.3) is 5.91 Å². The fourth-order valence-electron chi connectivity index (χ4n) is 3.07. The Morgan fingerprint density at radius 2 is 1.81 bits per heavy atom. The standard InChI is InChI=1S/C25H32BrClN2O3/c1-6-13-28-24(31)17(2)29(15-18-7-10-20(27)11-8-18)23(30)16-32-22-12-9-19(14-21(22)26)25(3,4)5/h7-12,14,17H,6,13,15-16H2,1-5H3,(H,28,31)/t17-/m0/s1. The number of benzene rings is 2. The van der Waals surface area contributed by atoms with Crippen molar-refractivity contribution in [3.05, 3.63) is 63.1 Å². The Balaban J connectivity index is 2.16. The average molecular weight is 524 g/mol. The summed E-state index contributed by atoms with van der Waals surface area (Å²) in [6, 6.07) is 12.5. The molecule has 1 atom stereocenters. The zero-order valence-corrected chi connectivity index (χ0v) is 21.7. The van der Waals surface area contributed by atoms with Crippen LogP contribution in [0.25, 0.3) is 0 Å². The van der Waals surface area contributed by atoms with Gasteiger partial charge in [0, 0.05) is 18.1 Å². The molecular weight excluding hydrogens is 492 g/mol. The molecule has 0 aliphatic heterocycles. The average Bonchev–Trinajstić information content (AvgIpc) is 2.74. The van der Waals surface area contributed by atoms with Gasteiger partial charge in [-0.2, -0.15) is 0 Å². The molecule has 0 bridgehead atoms. The maximum Gasteiger partial charge on any atom is 0.261 e. The number of amides is 2. The van der Waals surface area contributed by atoms with E-state index in [1.165, 1.54) is 4.90 Å². The molecule has 5 nitrogen and oxygen atoms in total. The lowest BCUT2D eigenvalue weighted by atomic mass is 9.87. The van der Waals surface area contributed by atoms with Crippen molar-refractivity contribution in [1.29, 1.82) is 0 Å². The Morgan fingerprint density at radius 3 is 2.38 bits per heavy atom. The molecule has 0 saturated heterocycles. The number of halogens is 2. The van der Waals surface area contributed by atoms with E-state index in [-0.39, 0.29) is 30.4 Å². The normalized spacial score (nSPS) is 12.2. The molecule has 0 unspecified atom stereocenters. The number of nitrogens with zero attached hydrogens (tertiary/aromatic N) is 1. The van der Waals surface area contributed by atoms with Gasteiger partial charge in [-0.05, 0) is 70.1 Å². The first kappa shape index (κ1) is 26.2. The highest BCUT2D eigenvalue weighted by Gasteiger charge is 2.26. The van der Waals surface area contributed by atoms with Crippen molar-refractivity contribution in [2.24, 2.45) is 0 Å². The molecule has 32 heavy (non-hydrogen) atoms. The minimum atomic E-state index is -0.639. The summed E-state index contributed by atoms with van der Waals surface area (Å²) in [5.41, 5.74) is 2.05. The lowest BCUT2D eigenvalue weighted by Gasteiger charge is -2.29. The van der Waals surface area contributed by atoms with E-state index in [0.717, 1.165) is 22.0 Å². The van der Waals surface area contributed by atoms with E-state index in [4.69, 9.17) is 16.3 Å². The molecule has 0 saturated carbocycles. The highest BCUT2D eigenvalue weighted by atomic mass is 79.9. The summed E-state index contributed by atoms with van der Waals surface area (Å²) < 4.78 is 6.61. The second-order valence-electron chi connectivity index (χ2n) is 8.80. The molecule has 2 amide bonds. The van der Waals surface area contributed by atoms with Crippen molar-refractivity contribution in [1.82, 2.24) is 10.2 Å². The molecule has 1 N–H and O–H groups in total. The van der Waals surface area contributed by atoms with E-state index in [9.17, 15) is 9.59 Å². The van der Waals surface area contributed by atoms with Crippen LogP contribution < -0.4 is 10.1 Å². The summed E-state index contributed by atoms with van der Waals surface area (Å²) in [5.74, 6) is 0.122. The first-order chi connectivity index (χ1) is 15.0. The summed E-state index contributed by atoms with van der Waals surface area (Å²) in [6.45, 7) is 10.8. The van der Waals surface area contributed by atoms with Crippen LogP contribution in [0.1, 0.15) is 52.2 Å². The number of hydrogen-bond donors (Lipinski definition) is 1. The van der Waals surface area contributed by atoms with Crippen molar-refractivity contribution in [3.63, 3.8) is 0 Å². The fourth-order valence-corrected chi connectivity index (χ4v) is 3.69. The quantitative estimate of drug-likeness (QED) is 0.457. The van der Waals surface area contributed by atoms with Crippen LogP contribution in [0.3, 0.4) is 0 Å². The first-order valence-corrected chi connectivity index (χ1v) is 11.9. The molecule has 0 aliphatic rings. The van der Waals surface area contributed by atoms with E-state index < -0.39 is 6.04 Å². The minimum Gasteiger partial charge on any atom is -0.483 e. The van der Waals surface area contributed by atoms with Gasteiger partial charge in [-0.1, -0.05) is 57.5 Å². The maximum atomic E-state index is 13.1. The number of rotatable bonds is 9. The van der Waals surface area contributed by atoms with Crippen LogP contribution in [0.15, 0.2) is 46.9 Å². The highest BCUT2D eigenvalue weighted by molar-refractivity contribution is 9.10. The Morgan fingerprint density at radius 1 is 1.16 bits per heavy atom. The predicted molar refractivity (Wildman–Crippen MR) is 133 cm³/mol. The maximum absolute atomic E-state index is 13.1. The van der Waals surface area contributed by atoms with Gasteiger partial charge in [0.2, 0.25) is 5.91 Å². The largest absolute Gasteiger partial charge is 0.483 e. The molecule has 174 valence electrons. The van der Waals surface area contributed by atoms with E-state index in [1.54, 1.807) is 19.1 Å². The Kier molecular flexibility index (Phi) is 9.59. The minimum absolute atomic E-state index is 0.00747. The van der Waals surface area contributed by atoms with Gasteiger partial charge in [0.1, 0.15) is 11.8 Å². The van der Waals surface area contributed by atoms with Gasteiger partial charge < -0.3 is 15.0 Å². The second kappa shape index (κ2) is 11.7. The van der Waals surface area contributed by atoms with Gasteiger partial charge in [0.05, 0.1) is 4.47 Å². The van der Waals surface area contributed by atoms with Crippen molar-refractivity contribution >= 4 is 39.3 Å². The zero-order valence-electron chi connectivity index (χ0n) is 19.4. The molecular formula is C25H32BrClN2O3. The van der Waals surface area contributed by atoms with E-state index in [2.05, 4.69) is 42.0 Å². The number of ether oxygens (including phenoxy) is 1. The second-order valence-corrected chi connectivity index (χ2v) is 10.1. The summed E-state index contributed by atoms with van der Waals surface area (Å²) in [4.78, 5) is 27.2. The predicted octanol–water partition coefficient (Wildman–Crippen LogP) is 5.72. The monoisotopic (exact) mass is 522 g/mol. The third-order valence-electron chi connectivity index (χ3n) is 5.13. The van der Waals surface area contributed by atoms with Crippen LogP contribution >= 0.6 is 27.5 Å². The highest BCUT2D eigenvalue weighted by Crippen LogP contribution is 2.31. The number of carbonyl (C=O) groups is 2. The number of nitrogens with one attached hydrogen (secondary N) is 1. The van der Waals surface area contributed by atoms with Gasteiger partial charge in [-0.15, -0.1) is 0 Å². The SMILES string of the molecule is CCCNC(=O)[C@H](C)N(Cc1ccc(Cl)cc1)C(=O)COc1ccc(C(C)(C)C)cc1Br. The van der Waals surface area contributed by atoms with Crippen LogP contribution in [-0.4, -0.2) is 35.9 Å². The molecule has 2 aromatic rings. The lowest BCUT2D eigenvalue weighted by molar-refractivity contribution is -0.142. The number of carbonyl (C=O) groups excluding carboxylic acids is 2. The topological polar surface area (TPSA) is 58.6 Å². The third-order valence-corrected chi connectivity index (χ3v) is 6.00. The summed E-state index contributed by atoms with van der Waals surface area (Å²) in [5, 5.41) is 3.48. The van der Waals surface area contributed by atoms with Crippen LogP contribution in [-0.2, 0) is 21.5 Å². The van der Waals surface area contributed by atoms with Crippen molar-refractivity contribution in [2.75, 3.05) is 13.2 Å². The van der Waals surface area contributed by atoms with E-state index in [1.807, 2.05) is 37.3 Å². The number of hydrogen-bond acceptors (Lipinski definition) is 3. The summed E-state index contributed by atoms with van der Waals surface area (Å²) in [6.07, 6.45) is 0.825. The first-order valence-electron chi connectivity index (χ1n) is 10.8. The van der Waals surface area contributed by atoms with E-state index >= 15 is 0 Å². The molecule has 0 spiro atoms. The van der Waals surface area contributed by atoms with Crippen molar-refractivity contribution in [3.8, 4) is 5.75 Å². The van der Waals surface area contributed by atoms with Crippen LogP contribution in [0.5, 0.6) is 5.75 Å². The molecule has 0 aliphatic carbocycles. The zero-order chi connectivity index (χ0) is 23.9. The van der Waals surface area contributed by atoms with Crippen molar-refractivity contribution < 1.29 is 14.3 Å². The lowest BCUT2D eigenvalue weighted by Crippen LogP contribution is -2.49. The Labute approximate surface area is 204 Å². The van der Waals surface area contributed by atoms with Gasteiger partial charge in [-0.3, -0.25) is 9.59 Å². The molecule has 0 radical (unpaired) electrons. The molecule has 0 heterocycles. The summed E-state index contributed by atoms with van der Waals surface area (Å²) >= 11 is 9.52. The Hall–Kier alpha value is -2.05. The summed E-state index contributed by atoms with van der Waals surface area (Å²) in [7, 11) is 0. The Bertz CT molecular complexity index is 926. The van der Waals surface area contributed by atoms with Crippen LogP contribution in [0.2, 0.25) is 5.02 Å². The van der Waals surface area contributed by atoms with Crippen molar-refractivity contribution in [2.45, 2.75) is 59.0 Å². The van der Waals surface area contributed by atoms with Crippen LogP contribution in [0.4, 0.5) is 0 Å². The fraction of sp³-hybridized carbons (Fsp3) is 0.440. The van der Waals surface area contributed by atoms with Gasteiger partial charge in [-0.25, -0.2) is 0 Å². The van der Waals surface area contributed by atoms with Gasteiger partial charge in [0.15, 0.2) is 6.61 Å². The molecule has 2 aromatic carbocycles. The molecule has 7 heteroatoms. The van der Waals surface area contributed by atoms with Crippen LogP contribution in [0, 0.1) is 0 Å². The molecule has 0 aromatic heterocycles. The molecule has 0 fully saturated rings.